The van der Waals surface area contributed by atoms with Crippen LogP contribution in [0.15, 0.2) is 6.20 Å². The fourth-order valence-corrected chi connectivity index (χ4v) is 2.55. The van der Waals surface area contributed by atoms with E-state index in [-0.39, 0.29) is 5.95 Å². The monoisotopic (exact) mass is 262 g/mol. The van der Waals surface area contributed by atoms with Crippen LogP contribution in [0.3, 0.4) is 0 Å². The number of nitrogens with one attached hydrogen (secondary N) is 1. The zero-order valence-corrected chi connectivity index (χ0v) is 11.0. The van der Waals surface area contributed by atoms with Crippen molar-refractivity contribution in [1.29, 1.82) is 0 Å². The van der Waals surface area contributed by atoms with Crippen molar-refractivity contribution >= 4 is 22.8 Å². The van der Waals surface area contributed by atoms with Gasteiger partial charge in [-0.25, -0.2) is 0 Å². The van der Waals surface area contributed by atoms with Crippen LogP contribution in [-0.4, -0.2) is 47.0 Å². The van der Waals surface area contributed by atoms with Crippen LogP contribution in [0.1, 0.15) is 12.8 Å². The summed E-state index contributed by atoms with van der Waals surface area (Å²) in [4.78, 5) is 10.6. The summed E-state index contributed by atoms with van der Waals surface area (Å²) in [5.41, 5.74) is 6.41. The zero-order valence-electron chi connectivity index (χ0n) is 11.0. The van der Waals surface area contributed by atoms with E-state index in [1.807, 2.05) is 7.05 Å². The fraction of sp³-hybridized carbons (Fsp3) is 0.583. The number of rotatable bonds is 3. The third-order valence-corrected chi connectivity index (χ3v) is 3.46. The highest BCUT2D eigenvalue weighted by Crippen LogP contribution is 2.24. The van der Waals surface area contributed by atoms with Gasteiger partial charge in [-0.3, -0.25) is 5.10 Å². The molecule has 0 amide bonds. The number of ether oxygens (including phenoxy) is 1. The molecule has 1 atom stereocenters. The van der Waals surface area contributed by atoms with Gasteiger partial charge in [-0.2, -0.15) is 15.1 Å². The van der Waals surface area contributed by atoms with E-state index in [1.54, 1.807) is 6.20 Å². The highest BCUT2D eigenvalue weighted by Gasteiger charge is 2.19. The maximum atomic E-state index is 5.73. The molecular weight excluding hydrogens is 244 g/mol. The van der Waals surface area contributed by atoms with Crippen LogP contribution in [-0.2, 0) is 4.74 Å². The van der Waals surface area contributed by atoms with E-state index in [2.05, 4.69) is 25.1 Å². The van der Waals surface area contributed by atoms with Gasteiger partial charge in [0.25, 0.3) is 0 Å². The minimum absolute atomic E-state index is 0.262. The van der Waals surface area contributed by atoms with Gasteiger partial charge < -0.3 is 15.4 Å². The first-order valence-electron chi connectivity index (χ1n) is 6.49. The molecule has 1 aliphatic heterocycles. The van der Waals surface area contributed by atoms with Crippen molar-refractivity contribution < 1.29 is 4.74 Å². The third kappa shape index (κ3) is 2.46. The minimum atomic E-state index is 0.262. The predicted molar refractivity (Wildman–Crippen MR) is 72.9 cm³/mol. The van der Waals surface area contributed by atoms with Gasteiger partial charge in [0, 0.05) is 20.2 Å². The van der Waals surface area contributed by atoms with Crippen LogP contribution in [0, 0.1) is 5.92 Å². The molecule has 0 radical (unpaired) electrons. The average Bonchev–Trinajstić information content (AvgIpc) is 2.86. The van der Waals surface area contributed by atoms with E-state index < -0.39 is 0 Å². The quantitative estimate of drug-likeness (QED) is 0.849. The summed E-state index contributed by atoms with van der Waals surface area (Å²) in [6.45, 7) is 2.60. The molecule has 2 aromatic heterocycles. The van der Waals surface area contributed by atoms with E-state index >= 15 is 0 Å². The Balaban J connectivity index is 1.83. The van der Waals surface area contributed by atoms with Crippen molar-refractivity contribution in [1.82, 2.24) is 20.2 Å². The Bertz CT molecular complexity index is 562. The van der Waals surface area contributed by atoms with Crippen LogP contribution in [0.5, 0.6) is 0 Å². The molecule has 0 spiro atoms. The topological polar surface area (TPSA) is 93.0 Å². The number of hydrogen-bond acceptors (Lipinski definition) is 6. The van der Waals surface area contributed by atoms with Crippen molar-refractivity contribution in [2.45, 2.75) is 12.8 Å². The van der Waals surface area contributed by atoms with Gasteiger partial charge in [-0.05, 0) is 18.8 Å². The molecule has 3 heterocycles. The Morgan fingerprint density at radius 1 is 1.53 bits per heavy atom. The number of nitrogens with zero attached hydrogens (tertiary/aromatic N) is 4. The molecule has 0 bridgehead atoms. The lowest BCUT2D eigenvalue weighted by molar-refractivity contribution is 0.0576. The number of nitrogens with two attached hydrogens (primary N) is 1. The molecule has 3 N–H and O–H groups in total. The Morgan fingerprint density at radius 3 is 3.21 bits per heavy atom. The maximum absolute atomic E-state index is 5.73. The molecular formula is C12H18N6O. The Morgan fingerprint density at radius 2 is 2.42 bits per heavy atom. The molecule has 19 heavy (non-hydrogen) atoms. The first kappa shape index (κ1) is 12.2. The summed E-state index contributed by atoms with van der Waals surface area (Å²) in [7, 11) is 2.02. The van der Waals surface area contributed by atoms with E-state index in [4.69, 9.17) is 10.5 Å². The molecule has 1 aliphatic rings. The Kier molecular flexibility index (Phi) is 3.20. The second kappa shape index (κ2) is 5.00. The number of H-pyrrole nitrogens is 1. The van der Waals surface area contributed by atoms with Crippen molar-refractivity contribution in [2.75, 3.05) is 37.4 Å². The molecule has 102 valence electrons. The van der Waals surface area contributed by atoms with Gasteiger partial charge in [0.2, 0.25) is 5.95 Å². The molecule has 7 nitrogen and oxygen atoms in total. The Labute approximate surface area is 111 Å². The van der Waals surface area contributed by atoms with E-state index in [0.717, 1.165) is 37.4 Å². The summed E-state index contributed by atoms with van der Waals surface area (Å²) in [5.74, 6) is 1.62. The van der Waals surface area contributed by atoms with Crippen molar-refractivity contribution in [2.24, 2.45) is 5.92 Å². The lowest BCUT2D eigenvalue weighted by atomic mass is 10.0. The predicted octanol–water partition coefficient (Wildman–Crippen LogP) is 0.798. The van der Waals surface area contributed by atoms with Crippen LogP contribution in [0.2, 0.25) is 0 Å². The van der Waals surface area contributed by atoms with Crippen molar-refractivity contribution in [3.8, 4) is 0 Å². The summed E-state index contributed by atoms with van der Waals surface area (Å²) in [6.07, 6.45) is 4.06. The summed E-state index contributed by atoms with van der Waals surface area (Å²) in [6, 6.07) is 0. The van der Waals surface area contributed by atoms with Gasteiger partial charge >= 0.3 is 0 Å². The van der Waals surface area contributed by atoms with E-state index in [1.165, 1.54) is 6.42 Å². The first-order chi connectivity index (χ1) is 9.24. The Hall–Kier alpha value is -1.89. The van der Waals surface area contributed by atoms with E-state index in [0.29, 0.717) is 11.6 Å². The molecule has 0 aliphatic carbocycles. The molecule has 0 aromatic carbocycles. The van der Waals surface area contributed by atoms with Gasteiger partial charge in [0.1, 0.15) is 5.82 Å². The number of anilines is 2. The first-order valence-corrected chi connectivity index (χ1v) is 6.49. The van der Waals surface area contributed by atoms with Crippen molar-refractivity contribution in [3.63, 3.8) is 0 Å². The second-order valence-corrected chi connectivity index (χ2v) is 5.00. The smallest absolute Gasteiger partial charge is 0.224 e. The second-order valence-electron chi connectivity index (χ2n) is 5.00. The van der Waals surface area contributed by atoms with E-state index in [9.17, 15) is 0 Å². The number of aromatic amines is 1. The molecule has 1 unspecified atom stereocenters. The SMILES string of the molecule is CN(CC1CCCOC1)c1nc(N)nc2[nH]ncc12. The molecule has 3 rings (SSSR count). The highest BCUT2D eigenvalue weighted by molar-refractivity contribution is 5.87. The van der Waals surface area contributed by atoms with Gasteiger partial charge in [0.05, 0.1) is 18.2 Å². The summed E-state index contributed by atoms with van der Waals surface area (Å²) >= 11 is 0. The van der Waals surface area contributed by atoms with Gasteiger partial charge in [0.15, 0.2) is 5.65 Å². The summed E-state index contributed by atoms with van der Waals surface area (Å²) in [5, 5.41) is 7.72. The third-order valence-electron chi connectivity index (χ3n) is 3.46. The largest absolute Gasteiger partial charge is 0.381 e. The normalized spacial score (nSPS) is 19.7. The molecule has 0 saturated carbocycles. The lowest BCUT2D eigenvalue weighted by Gasteiger charge is -2.28. The molecule has 1 saturated heterocycles. The molecule has 2 aromatic rings. The van der Waals surface area contributed by atoms with Crippen molar-refractivity contribution in [3.05, 3.63) is 6.20 Å². The van der Waals surface area contributed by atoms with Gasteiger partial charge in [-0.1, -0.05) is 0 Å². The number of fused-ring (bicyclic) bond motifs is 1. The van der Waals surface area contributed by atoms with Crippen LogP contribution in [0.25, 0.3) is 11.0 Å². The number of aromatic nitrogens is 4. The minimum Gasteiger partial charge on any atom is -0.381 e. The average molecular weight is 262 g/mol. The lowest BCUT2D eigenvalue weighted by Crippen LogP contribution is -2.31. The molecule has 7 heteroatoms. The van der Waals surface area contributed by atoms with Gasteiger partial charge in [-0.15, -0.1) is 0 Å². The molecule has 1 fully saturated rings. The number of nitrogen functional groups attached to an aromatic ring is 1. The highest BCUT2D eigenvalue weighted by atomic mass is 16.5. The fourth-order valence-electron chi connectivity index (χ4n) is 2.55. The van der Waals surface area contributed by atoms with Crippen LogP contribution >= 0.6 is 0 Å². The maximum Gasteiger partial charge on any atom is 0.224 e. The van der Waals surface area contributed by atoms with Crippen LogP contribution in [0.4, 0.5) is 11.8 Å². The number of hydrogen-bond donors (Lipinski definition) is 2. The van der Waals surface area contributed by atoms with Crippen LogP contribution < -0.4 is 10.6 Å². The zero-order chi connectivity index (χ0) is 13.2. The standard InChI is InChI=1S/C12H18N6O/c1-18(6-8-3-2-4-19-7-8)11-9-5-14-17-10(9)15-12(13)16-11/h5,8H,2-4,6-7H2,1H3,(H3,13,14,15,16,17). The summed E-state index contributed by atoms with van der Waals surface area (Å²) < 4.78 is 5.51.